The van der Waals surface area contributed by atoms with E-state index in [2.05, 4.69) is 37.1 Å². The molecule has 0 aromatic heterocycles. The molecule has 2 aliphatic carbocycles. The molecule has 0 amide bonds. The number of likely N-dealkylation sites (tertiary alicyclic amines) is 1. The minimum absolute atomic E-state index is 0.0506. The van der Waals surface area contributed by atoms with E-state index in [1.165, 1.54) is 0 Å². The van der Waals surface area contributed by atoms with Crippen LogP contribution in [0.15, 0.2) is 59.1 Å². The average molecular weight is 582 g/mol. The Kier molecular flexibility index (Phi) is 7.81. The van der Waals surface area contributed by atoms with Gasteiger partial charge in [0.25, 0.3) is 0 Å². The number of nitrogens with one attached hydrogen (secondary N) is 1. The lowest BCUT2D eigenvalue weighted by atomic mass is 9.81. The summed E-state index contributed by atoms with van der Waals surface area (Å²) < 4.78 is 11.7. The summed E-state index contributed by atoms with van der Waals surface area (Å²) in [5.41, 5.74) is 4.23. The van der Waals surface area contributed by atoms with Gasteiger partial charge in [0.2, 0.25) is 0 Å². The molecule has 4 aliphatic rings. The maximum Gasteiger partial charge on any atom is 0.310 e. The van der Waals surface area contributed by atoms with Gasteiger partial charge in [-0.3, -0.25) is 14.4 Å². The number of hydrogen-bond acceptors (Lipinski definition) is 8. The van der Waals surface area contributed by atoms with Gasteiger partial charge in [0.05, 0.1) is 29.4 Å². The standard InChI is InChI=1S/C35H39N3O5/c1-5-42-34(41)21-10-8-16-38(20-21)17-9-15-36-26-19-28-31(37-25-14-13-22(35(2,3)4)18-27(25)43-28)30-29(26)32(39)23-11-6-7-12-24(23)33(30)40/h6-7,11-14,18-19,21,27,36H,5,8-10,15-17,20H2,1-4H3/t21-,27?/m0/s1. The Balaban J connectivity index is 1.28. The number of carbonyl (C=O) groups excluding carboxylic acids is 3. The van der Waals surface area contributed by atoms with Crippen molar-refractivity contribution in [1.82, 2.24) is 4.90 Å². The summed E-state index contributed by atoms with van der Waals surface area (Å²) in [5.74, 6) is -0.120. The van der Waals surface area contributed by atoms with Crippen molar-refractivity contribution in [2.75, 3.05) is 38.1 Å². The second-order valence-electron chi connectivity index (χ2n) is 12.7. The molecule has 1 saturated heterocycles. The number of rotatable bonds is 7. The third-order valence-electron chi connectivity index (χ3n) is 8.64. The molecule has 224 valence electrons. The van der Waals surface area contributed by atoms with Gasteiger partial charge in [-0.05, 0) is 62.4 Å². The molecule has 6 rings (SSSR count). The first-order valence-electron chi connectivity index (χ1n) is 15.3. The van der Waals surface area contributed by atoms with Gasteiger partial charge in [0, 0.05) is 36.0 Å². The minimum atomic E-state index is -0.370. The molecule has 0 radical (unpaired) electrons. The van der Waals surface area contributed by atoms with Crippen LogP contribution >= 0.6 is 0 Å². The normalized spacial score (nSPS) is 21.0. The maximum atomic E-state index is 13.9. The SMILES string of the molecule is CCOC(=O)[C@H]1CCCN(CCCNc2cc3c(c4c2C(=O)c2ccccc2C4=O)N=C2C=CC(C(C)(C)C)=CC2O3)C1. The molecule has 2 atom stereocenters. The summed E-state index contributed by atoms with van der Waals surface area (Å²) in [7, 11) is 0. The average Bonchev–Trinajstić information content (AvgIpc) is 3.00. The monoisotopic (exact) mass is 581 g/mol. The molecule has 0 saturated carbocycles. The molecule has 2 aromatic rings. The molecule has 8 nitrogen and oxygen atoms in total. The predicted octanol–water partition coefficient (Wildman–Crippen LogP) is 5.91. The number of allylic oxidation sites excluding steroid dienone is 2. The highest BCUT2D eigenvalue weighted by atomic mass is 16.5. The van der Waals surface area contributed by atoms with Gasteiger partial charge in [0.1, 0.15) is 11.4 Å². The molecular weight excluding hydrogens is 542 g/mol. The number of aliphatic imine (C=N–C) groups is 1. The summed E-state index contributed by atoms with van der Waals surface area (Å²) in [6.45, 7) is 11.7. The number of ether oxygens (including phenoxy) is 2. The van der Waals surface area contributed by atoms with Gasteiger partial charge < -0.3 is 19.7 Å². The molecule has 1 N–H and O–H groups in total. The first kappa shape index (κ1) is 29.1. The zero-order chi connectivity index (χ0) is 30.3. The molecule has 43 heavy (non-hydrogen) atoms. The van der Waals surface area contributed by atoms with Crippen LogP contribution in [0.1, 0.15) is 78.8 Å². The molecule has 2 aromatic carbocycles. The van der Waals surface area contributed by atoms with Gasteiger partial charge in [0.15, 0.2) is 17.7 Å². The lowest BCUT2D eigenvalue weighted by molar-refractivity contribution is -0.149. The number of anilines is 1. The predicted molar refractivity (Wildman–Crippen MR) is 167 cm³/mol. The third kappa shape index (κ3) is 5.56. The summed E-state index contributed by atoms with van der Waals surface area (Å²) in [6, 6.07) is 8.79. The Labute approximate surface area is 252 Å². The number of hydrogen-bond donors (Lipinski definition) is 1. The van der Waals surface area contributed by atoms with Gasteiger partial charge in [-0.2, -0.15) is 0 Å². The minimum Gasteiger partial charge on any atom is -0.478 e. The first-order valence-corrected chi connectivity index (χ1v) is 15.3. The van der Waals surface area contributed by atoms with Gasteiger partial charge in [-0.15, -0.1) is 0 Å². The lowest BCUT2D eigenvalue weighted by Gasteiger charge is -2.32. The second-order valence-corrected chi connectivity index (χ2v) is 12.7. The quantitative estimate of drug-likeness (QED) is 0.273. The van der Waals surface area contributed by atoms with E-state index < -0.39 is 0 Å². The molecule has 0 spiro atoms. The van der Waals surface area contributed by atoms with Crippen LogP contribution in [0.3, 0.4) is 0 Å². The summed E-state index contributed by atoms with van der Waals surface area (Å²) in [5, 5.41) is 3.45. The highest BCUT2D eigenvalue weighted by molar-refractivity contribution is 6.32. The molecule has 1 unspecified atom stereocenters. The lowest BCUT2D eigenvalue weighted by Crippen LogP contribution is -2.40. The van der Waals surface area contributed by atoms with E-state index in [1.807, 2.05) is 25.1 Å². The van der Waals surface area contributed by atoms with E-state index in [-0.39, 0.29) is 35.0 Å². The maximum absolute atomic E-state index is 13.9. The van der Waals surface area contributed by atoms with Crippen molar-refractivity contribution >= 4 is 34.6 Å². The Morgan fingerprint density at radius 1 is 1.12 bits per heavy atom. The van der Waals surface area contributed by atoms with Crippen LogP contribution in [0.2, 0.25) is 0 Å². The number of carbonyl (C=O) groups is 3. The van der Waals surface area contributed by atoms with Gasteiger partial charge in [-0.1, -0.05) is 51.1 Å². The highest BCUT2D eigenvalue weighted by Gasteiger charge is 2.38. The first-order chi connectivity index (χ1) is 20.7. The van der Waals surface area contributed by atoms with E-state index in [0.717, 1.165) is 37.9 Å². The Morgan fingerprint density at radius 3 is 2.58 bits per heavy atom. The second kappa shape index (κ2) is 11.6. The number of esters is 1. The molecular formula is C35H39N3O5. The van der Waals surface area contributed by atoms with E-state index in [9.17, 15) is 14.4 Å². The fourth-order valence-electron chi connectivity index (χ4n) is 6.37. The highest BCUT2D eigenvalue weighted by Crippen LogP contribution is 2.46. The number of ketones is 2. The number of fused-ring (bicyclic) bond motifs is 5. The fraction of sp³-hybridized carbons (Fsp3) is 0.429. The van der Waals surface area contributed by atoms with E-state index >= 15 is 0 Å². The van der Waals surface area contributed by atoms with Crippen molar-refractivity contribution in [2.24, 2.45) is 16.3 Å². The summed E-state index contributed by atoms with van der Waals surface area (Å²) >= 11 is 0. The molecule has 2 aliphatic heterocycles. The largest absolute Gasteiger partial charge is 0.478 e. The zero-order valence-corrected chi connectivity index (χ0v) is 25.4. The van der Waals surface area contributed by atoms with E-state index in [1.54, 1.807) is 24.3 Å². The van der Waals surface area contributed by atoms with E-state index in [4.69, 9.17) is 14.5 Å². The van der Waals surface area contributed by atoms with Crippen LogP contribution < -0.4 is 10.1 Å². The van der Waals surface area contributed by atoms with Gasteiger partial charge >= 0.3 is 5.97 Å². The van der Waals surface area contributed by atoms with Crippen molar-refractivity contribution in [1.29, 1.82) is 0 Å². The number of benzene rings is 2. The summed E-state index contributed by atoms with van der Waals surface area (Å²) in [4.78, 5) is 47.3. The van der Waals surface area contributed by atoms with Crippen molar-refractivity contribution in [3.63, 3.8) is 0 Å². The topological polar surface area (TPSA) is 97.3 Å². The fourth-order valence-corrected chi connectivity index (χ4v) is 6.37. The van der Waals surface area contributed by atoms with Crippen LogP contribution in [0, 0.1) is 11.3 Å². The summed E-state index contributed by atoms with van der Waals surface area (Å²) in [6.07, 6.45) is 8.33. The van der Waals surface area contributed by atoms with Crippen LogP contribution in [-0.2, 0) is 9.53 Å². The third-order valence-corrected chi connectivity index (χ3v) is 8.64. The molecule has 2 heterocycles. The number of nitrogens with zero attached hydrogens (tertiary/aromatic N) is 2. The Bertz CT molecular complexity index is 1580. The van der Waals surface area contributed by atoms with Crippen molar-refractivity contribution < 1.29 is 23.9 Å². The van der Waals surface area contributed by atoms with Crippen LogP contribution in [0.5, 0.6) is 5.75 Å². The van der Waals surface area contributed by atoms with Crippen molar-refractivity contribution in [3.8, 4) is 5.75 Å². The van der Waals surface area contributed by atoms with Gasteiger partial charge in [-0.25, -0.2) is 4.99 Å². The molecule has 1 fully saturated rings. The van der Waals surface area contributed by atoms with E-state index in [0.29, 0.717) is 64.8 Å². The van der Waals surface area contributed by atoms with Crippen LogP contribution in [-0.4, -0.2) is 67.0 Å². The number of piperidine rings is 1. The van der Waals surface area contributed by atoms with Crippen LogP contribution in [0.25, 0.3) is 0 Å². The van der Waals surface area contributed by atoms with Crippen molar-refractivity contribution in [2.45, 2.75) is 53.1 Å². The van der Waals surface area contributed by atoms with Crippen LogP contribution in [0.4, 0.5) is 11.4 Å². The Morgan fingerprint density at radius 2 is 1.86 bits per heavy atom. The molecule has 8 heteroatoms. The van der Waals surface area contributed by atoms with Crippen molar-refractivity contribution in [3.05, 3.63) is 76.4 Å². The smallest absolute Gasteiger partial charge is 0.310 e. The zero-order valence-electron chi connectivity index (χ0n) is 25.4. The molecule has 0 bridgehead atoms. The Hall–Kier alpha value is -4.04.